The van der Waals surface area contributed by atoms with Crippen molar-refractivity contribution >= 4 is 11.6 Å². The Morgan fingerprint density at radius 2 is 2.30 bits per heavy atom. The number of nitriles is 1. The van der Waals surface area contributed by atoms with Gasteiger partial charge in [0, 0.05) is 26.1 Å². The largest absolute Gasteiger partial charge is 0.396 e. The summed E-state index contributed by atoms with van der Waals surface area (Å²) in [5.41, 5.74) is 1.04. The number of likely N-dealkylation sites (tertiary alicyclic amines) is 1. The van der Waals surface area contributed by atoms with Crippen LogP contribution in [0.1, 0.15) is 18.4 Å². The Hall–Kier alpha value is -1.90. The molecule has 5 nitrogen and oxygen atoms in total. The number of carbonyl (C=O) groups excluding carboxylic acids is 1. The van der Waals surface area contributed by atoms with E-state index in [0.29, 0.717) is 30.1 Å². The first-order valence-corrected chi connectivity index (χ1v) is 6.85. The number of anilines is 1. The first-order chi connectivity index (χ1) is 9.72. The molecule has 1 atom stereocenters. The van der Waals surface area contributed by atoms with Gasteiger partial charge < -0.3 is 15.3 Å². The van der Waals surface area contributed by atoms with Crippen molar-refractivity contribution in [2.24, 2.45) is 5.92 Å². The maximum atomic E-state index is 11.9. The number of carbonyl (C=O) groups is 1. The van der Waals surface area contributed by atoms with Crippen LogP contribution >= 0.6 is 0 Å². The van der Waals surface area contributed by atoms with E-state index in [1.165, 1.54) is 0 Å². The molecule has 0 spiro atoms. The normalized spacial score (nSPS) is 18.7. The van der Waals surface area contributed by atoms with E-state index in [2.05, 4.69) is 16.3 Å². The van der Waals surface area contributed by atoms with Gasteiger partial charge in [0.1, 0.15) is 6.07 Å². The van der Waals surface area contributed by atoms with Crippen LogP contribution in [0.15, 0.2) is 24.3 Å². The third kappa shape index (κ3) is 3.80. The predicted octanol–water partition coefficient (Wildman–Crippen LogP) is 1.20. The molecule has 1 aliphatic heterocycles. The molecule has 2 rings (SSSR count). The summed E-state index contributed by atoms with van der Waals surface area (Å²) in [6.07, 6.45) is 1.40. The van der Waals surface area contributed by atoms with Crippen molar-refractivity contribution in [2.45, 2.75) is 12.8 Å². The number of nitrogens with one attached hydrogen (secondary N) is 1. The van der Waals surface area contributed by atoms with Crippen molar-refractivity contribution in [3.05, 3.63) is 29.8 Å². The van der Waals surface area contributed by atoms with Gasteiger partial charge in [0.2, 0.25) is 5.91 Å². The molecular weight excluding hydrogens is 254 g/mol. The van der Waals surface area contributed by atoms with E-state index in [0.717, 1.165) is 19.5 Å². The Kier molecular flexibility index (Phi) is 5.10. The Morgan fingerprint density at radius 3 is 3.00 bits per heavy atom. The molecular formula is C15H19N3O2. The molecule has 1 heterocycles. The molecule has 1 amide bonds. The quantitative estimate of drug-likeness (QED) is 0.845. The lowest BCUT2D eigenvalue weighted by atomic mass is 10.1. The number of amides is 1. The number of benzene rings is 1. The van der Waals surface area contributed by atoms with Crippen molar-refractivity contribution in [1.82, 2.24) is 4.90 Å². The summed E-state index contributed by atoms with van der Waals surface area (Å²) in [4.78, 5) is 14.1. The zero-order chi connectivity index (χ0) is 14.4. The zero-order valence-corrected chi connectivity index (χ0v) is 11.4. The second kappa shape index (κ2) is 7.04. The van der Waals surface area contributed by atoms with Crippen LogP contribution in [0.4, 0.5) is 5.69 Å². The van der Waals surface area contributed by atoms with Crippen LogP contribution in [0.5, 0.6) is 0 Å². The SMILES string of the molecule is N#Cc1ccccc1NC(=O)CCN1CCC(CO)C1. The van der Waals surface area contributed by atoms with Crippen molar-refractivity contribution in [3.63, 3.8) is 0 Å². The monoisotopic (exact) mass is 273 g/mol. The highest BCUT2D eigenvalue weighted by molar-refractivity contribution is 5.92. The molecule has 1 aromatic rings. The summed E-state index contributed by atoms with van der Waals surface area (Å²) in [7, 11) is 0. The molecule has 0 saturated carbocycles. The molecule has 1 aliphatic rings. The molecule has 1 fully saturated rings. The number of hydrogen-bond acceptors (Lipinski definition) is 4. The van der Waals surface area contributed by atoms with Crippen molar-refractivity contribution in [1.29, 1.82) is 5.26 Å². The van der Waals surface area contributed by atoms with E-state index < -0.39 is 0 Å². The fourth-order valence-corrected chi connectivity index (χ4v) is 2.43. The highest BCUT2D eigenvalue weighted by Crippen LogP contribution is 2.16. The number of para-hydroxylation sites is 1. The predicted molar refractivity (Wildman–Crippen MR) is 76.0 cm³/mol. The molecule has 5 heteroatoms. The van der Waals surface area contributed by atoms with Crippen LogP contribution in [0.2, 0.25) is 0 Å². The van der Waals surface area contributed by atoms with E-state index in [1.807, 2.05) is 0 Å². The van der Waals surface area contributed by atoms with Crippen molar-refractivity contribution < 1.29 is 9.90 Å². The first-order valence-electron chi connectivity index (χ1n) is 6.85. The minimum atomic E-state index is -0.0832. The van der Waals surface area contributed by atoms with Crippen LogP contribution in [-0.2, 0) is 4.79 Å². The average molecular weight is 273 g/mol. The molecule has 0 bridgehead atoms. The second-order valence-electron chi connectivity index (χ2n) is 5.09. The number of aliphatic hydroxyl groups excluding tert-OH is 1. The highest BCUT2D eigenvalue weighted by Gasteiger charge is 2.21. The van der Waals surface area contributed by atoms with Crippen LogP contribution in [-0.4, -0.2) is 42.2 Å². The summed E-state index contributed by atoms with van der Waals surface area (Å²) in [5, 5.41) is 20.8. The number of hydrogen-bond donors (Lipinski definition) is 2. The van der Waals surface area contributed by atoms with Gasteiger partial charge in [-0.3, -0.25) is 4.79 Å². The molecule has 0 aromatic heterocycles. The highest BCUT2D eigenvalue weighted by atomic mass is 16.3. The molecule has 106 valence electrons. The number of rotatable bonds is 5. The average Bonchev–Trinajstić information content (AvgIpc) is 2.94. The third-order valence-electron chi connectivity index (χ3n) is 3.60. The zero-order valence-electron chi connectivity index (χ0n) is 11.4. The molecule has 1 aromatic carbocycles. The third-order valence-corrected chi connectivity index (χ3v) is 3.60. The Labute approximate surface area is 118 Å². The maximum absolute atomic E-state index is 11.9. The molecule has 1 saturated heterocycles. The van der Waals surface area contributed by atoms with E-state index in [9.17, 15) is 4.79 Å². The number of nitrogens with zero attached hydrogens (tertiary/aromatic N) is 2. The van der Waals surface area contributed by atoms with Gasteiger partial charge in [0.05, 0.1) is 11.3 Å². The summed E-state index contributed by atoms with van der Waals surface area (Å²) >= 11 is 0. The Bertz CT molecular complexity index is 510. The summed E-state index contributed by atoms with van der Waals surface area (Å²) in [6.45, 7) is 2.71. The molecule has 20 heavy (non-hydrogen) atoms. The molecule has 2 N–H and O–H groups in total. The van der Waals surface area contributed by atoms with Crippen molar-refractivity contribution in [3.8, 4) is 6.07 Å². The Morgan fingerprint density at radius 1 is 1.50 bits per heavy atom. The molecule has 0 aliphatic carbocycles. The lowest BCUT2D eigenvalue weighted by molar-refractivity contribution is -0.116. The van der Waals surface area contributed by atoms with E-state index in [4.69, 9.17) is 10.4 Å². The van der Waals surface area contributed by atoms with Crippen LogP contribution in [0.25, 0.3) is 0 Å². The van der Waals surface area contributed by atoms with Gasteiger partial charge in [0.15, 0.2) is 0 Å². The second-order valence-corrected chi connectivity index (χ2v) is 5.09. The van der Waals surface area contributed by atoms with Gasteiger partial charge in [-0.2, -0.15) is 5.26 Å². The van der Waals surface area contributed by atoms with Crippen LogP contribution in [0.3, 0.4) is 0 Å². The minimum Gasteiger partial charge on any atom is -0.396 e. The van der Waals surface area contributed by atoms with Gasteiger partial charge in [-0.1, -0.05) is 12.1 Å². The Balaban J connectivity index is 1.80. The summed E-state index contributed by atoms with van der Waals surface area (Å²) in [6, 6.07) is 9.04. The van der Waals surface area contributed by atoms with Crippen LogP contribution < -0.4 is 5.32 Å². The van der Waals surface area contributed by atoms with Gasteiger partial charge >= 0.3 is 0 Å². The topological polar surface area (TPSA) is 76.4 Å². The lowest BCUT2D eigenvalue weighted by Crippen LogP contribution is -2.26. The van der Waals surface area contributed by atoms with Crippen molar-refractivity contribution in [2.75, 3.05) is 31.6 Å². The smallest absolute Gasteiger partial charge is 0.225 e. The first kappa shape index (κ1) is 14.5. The van der Waals surface area contributed by atoms with Gasteiger partial charge in [-0.25, -0.2) is 0 Å². The fourth-order valence-electron chi connectivity index (χ4n) is 2.43. The minimum absolute atomic E-state index is 0.0832. The number of aliphatic hydroxyl groups is 1. The maximum Gasteiger partial charge on any atom is 0.225 e. The van der Waals surface area contributed by atoms with E-state index >= 15 is 0 Å². The van der Waals surface area contributed by atoms with Gasteiger partial charge in [-0.15, -0.1) is 0 Å². The fraction of sp³-hybridized carbons (Fsp3) is 0.467. The van der Waals surface area contributed by atoms with E-state index in [1.54, 1.807) is 24.3 Å². The molecule has 0 radical (unpaired) electrons. The molecule has 1 unspecified atom stereocenters. The lowest BCUT2D eigenvalue weighted by Gasteiger charge is -2.15. The standard InChI is InChI=1S/C15H19N3O2/c16-9-13-3-1-2-4-14(13)17-15(20)6-8-18-7-5-12(10-18)11-19/h1-4,12,19H,5-8,10-11H2,(H,17,20). The summed E-state index contributed by atoms with van der Waals surface area (Å²) in [5.74, 6) is 0.262. The van der Waals surface area contributed by atoms with E-state index in [-0.39, 0.29) is 12.5 Å². The van der Waals surface area contributed by atoms with Crippen LogP contribution in [0, 0.1) is 17.2 Å². The van der Waals surface area contributed by atoms with Gasteiger partial charge in [0.25, 0.3) is 0 Å². The summed E-state index contributed by atoms with van der Waals surface area (Å²) < 4.78 is 0. The van der Waals surface area contributed by atoms with Gasteiger partial charge in [-0.05, 0) is 31.0 Å².